The van der Waals surface area contributed by atoms with Gasteiger partial charge in [-0.05, 0) is 47.5 Å². The van der Waals surface area contributed by atoms with Crippen molar-refractivity contribution in [1.82, 2.24) is 15.0 Å². The van der Waals surface area contributed by atoms with Gasteiger partial charge in [-0.15, -0.1) is 22.7 Å². The molecule has 0 amide bonds. The summed E-state index contributed by atoms with van der Waals surface area (Å²) in [6.07, 6.45) is 0. The molecule has 0 saturated carbocycles. The third-order valence-electron chi connectivity index (χ3n) is 8.35. The molecule has 0 bridgehead atoms. The maximum atomic E-state index is 5.29. The zero-order chi connectivity index (χ0) is 30.5. The second kappa shape index (κ2) is 11.1. The summed E-state index contributed by atoms with van der Waals surface area (Å²) in [6, 6.07) is 53.0. The van der Waals surface area contributed by atoms with Crippen molar-refractivity contribution in [2.24, 2.45) is 0 Å². The Bertz CT molecular complexity index is 2500. The van der Waals surface area contributed by atoms with Gasteiger partial charge in [0.1, 0.15) is 5.01 Å². The highest BCUT2D eigenvalue weighted by atomic mass is 32.1. The summed E-state index contributed by atoms with van der Waals surface area (Å²) in [5.41, 5.74) is 9.44. The van der Waals surface area contributed by atoms with E-state index < -0.39 is 0 Å². The van der Waals surface area contributed by atoms with Crippen LogP contribution >= 0.6 is 22.7 Å². The summed E-state index contributed by atoms with van der Waals surface area (Å²) in [4.78, 5) is 15.6. The lowest BCUT2D eigenvalue weighted by atomic mass is 9.99. The molecule has 0 atom stereocenters. The van der Waals surface area contributed by atoms with Crippen molar-refractivity contribution in [3.8, 4) is 55.6 Å². The van der Waals surface area contributed by atoms with Crippen molar-refractivity contribution in [2.45, 2.75) is 0 Å². The van der Waals surface area contributed by atoms with Crippen LogP contribution in [0.2, 0.25) is 0 Å². The number of rotatable bonds is 5. The molecule has 9 rings (SSSR count). The normalized spacial score (nSPS) is 11.5. The van der Waals surface area contributed by atoms with Gasteiger partial charge in [0.05, 0.1) is 21.6 Å². The van der Waals surface area contributed by atoms with Crippen molar-refractivity contribution >= 4 is 53.1 Å². The summed E-state index contributed by atoms with van der Waals surface area (Å²) in [5.74, 6) is 0.714. The van der Waals surface area contributed by atoms with Gasteiger partial charge in [-0.3, -0.25) is 0 Å². The van der Waals surface area contributed by atoms with Gasteiger partial charge < -0.3 is 0 Å². The highest BCUT2D eigenvalue weighted by Crippen LogP contribution is 2.45. The van der Waals surface area contributed by atoms with Crippen molar-refractivity contribution in [1.29, 1.82) is 0 Å². The Balaban J connectivity index is 1.29. The van der Waals surface area contributed by atoms with Crippen LogP contribution in [0.25, 0.3) is 86.0 Å². The molecule has 0 N–H and O–H groups in total. The minimum atomic E-state index is 0.714. The van der Waals surface area contributed by atoms with E-state index >= 15 is 0 Å². The molecule has 0 radical (unpaired) electrons. The quantitative estimate of drug-likeness (QED) is 0.191. The first-order valence-corrected chi connectivity index (χ1v) is 16.8. The Hall–Kier alpha value is -5.49. The van der Waals surface area contributed by atoms with Crippen LogP contribution < -0.4 is 0 Å². The van der Waals surface area contributed by atoms with Crippen LogP contribution in [-0.4, -0.2) is 15.0 Å². The zero-order valence-electron chi connectivity index (χ0n) is 24.6. The number of thiazole rings is 1. The van der Waals surface area contributed by atoms with Gasteiger partial charge in [-0.25, -0.2) is 15.0 Å². The number of thiophene rings is 1. The predicted octanol–water partition coefficient (Wildman–Crippen LogP) is 11.8. The lowest BCUT2D eigenvalue weighted by Gasteiger charge is -2.12. The molecule has 3 nitrogen and oxygen atoms in total. The number of hydrogen-bond acceptors (Lipinski definition) is 5. The fourth-order valence-electron chi connectivity index (χ4n) is 6.18. The highest BCUT2D eigenvalue weighted by Gasteiger charge is 2.19. The number of nitrogens with zero attached hydrogens (tertiary/aromatic N) is 3. The fraction of sp³-hybridized carbons (Fsp3) is 0. The van der Waals surface area contributed by atoms with Crippen LogP contribution in [0, 0.1) is 0 Å². The highest BCUT2D eigenvalue weighted by molar-refractivity contribution is 7.26. The second-order valence-corrected chi connectivity index (χ2v) is 13.3. The van der Waals surface area contributed by atoms with Crippen LogP contribution in [0.15, 0.2) is 152 Å². The van der Waals surface area contributed by atoms with E-state index in [1.807, 2.05) is 23.5 Å². The Labute approximate surface area is 274 Å². The Kier molecular flexibility index (Phi) is 6.51. The van der Waals surface area contributed by atoms with Gasteiger partial charge in [0.25, 0.3) is 0 Å². The topological polar surface area (TPSA) is 38.7 Å². The summed E-state index contributed by atoms with van der Waals surface area (Å²) < 4.78 is 3.63. The minimum absolute atomic E-state index is 0.714. The van der Waals surface area contributed by atoms with E-state index in [2.05, 4.69) is 140 Å². The third kappa shape index (κ3) is 4.69. The molecule has 216 valence electrons. The molecular formula is C41H25N3S2. The SMILES string of the molecule is c1ccc(-c2cccc(-c3cc(-c4ccccc4)nc(-c4cccc5sc6cccc(-c7nc8ccccc8s7)c6c45)n3)c2)cc1. The van der Waals surface area contributed by atoms with Gasteiger partial charge in [0.2, 0.25) is 0 Å². The summed E-state index contributed by atoms with van der Waals surface area (Å²) >= 11 is 3.55. The zero-order valence-corrected chi connectivity index (χ0v) is 26.2. The van der Waals surface area contributed by atoms with Crippen molar-refractivity contribution < 1.29 is 0 Å². The van der Waals surface area contributed by atoms with E-state index in [1.165, 1.54) is 30.4 Å². The molecule has 3 heterocycles. The van der Waals surface area contributed by atoms with Crippen molar-refractivity contribution in [3.63, 3.8) is 0 Å². The molecule has 0 aliphatic rings. The number of benzene rings is 6. The third-order valence-corrected chi connectivity index (χ3v) is 10.5. The number of hydrogen-bond donors (Lipinski definition) is 0. The molecule has 3 aromatic heterocycles. The summed E-state index contributed by atoms with van der Waals surface area (Å²) in [6.45, 7) is 0. The molecule has 0 spiro atoms. The van der Waals surface area contributed by atoms with Gasteiger partial charge in [0, 0.05) is 42.4 Å². The van der Waals surface area contributed by atoms with Crippen LogP contribution in [0.3, 0.4) is 0 Å². The van der Waals surface area contributed by atoms with Gasteiger partial charge in [-0.1, -0.05) is 115 Å². The number of para-hydroxylation sites is 1. The predicted molar refractivity (Wildman–Crippen MR) is 195 cm³/mol. The molecule has 0 fully saturated rings. The molecule has 6 aromatic carbocycles. The fourth-order valence-corrected chi connectivity index (χ4v) is 8.34. The van der Waals surface area contributed by atoms with Gasteiger partial charge >= 0.3 is 0 Å². The average molecular weight is 624 g/mol. The van der Waals surface area contributed by atoms with Crippen LogP contribution in [-0.2, 0) is 0 Å². The largest absolute Gasteiger partial charge is 0.236 e. The van der Waals surface area contributed by atoms with Crippen molar-refractivity contribution in [3.05, 3.63) is 152 Å². The smallest absolute Gasteiger partial charge is 0.161 e. The lowest BCUT2D eigenvalue weighted by molar-refractivity contribution is 1.19. The van der Waals surface area contributed by atoms with E-state index in [9.17, 15) is 0 Å². The molecule has 0 aliphatic carbocycles. The Morgan fingerprint density at radius 1 is 0.370 bits per heavy atom. The van der Waals surface area contributed by atoms with E-state index in [0.717, 1.165) is 49.7 Å². The van der Waals surface area contributed by atoms with Gasteiger partial charge in [0.15, 0.2) is 5.82 Å². The maximum absolute atomic E-state index is 5.29. The Morgan fingerprint density at radius 2 is 0.935 bits per heavy atom. The molecule has 0 saturated heterocycles. The van der Waals surface area contributed by atoms with Crippen LogP contribution in [0.1, 0.15) is 0 Å². The molecule has 0 aliphatic heterocycles. The molecule has 9 aromatic rings. The average Bonchev–Trinajstić information content (AvgIpc) is 3.74. The molecule has 5 heteroatoms. The first-order valence-electron chi connectivity index (χ1n) is 15.2. The first kappa shape index (κ1) is 26.9. The van der Waals surface area contributed by atoms with E-state index in [1.54, 1.807) is 11.3 Å². The monoisotopic (exact) mass is 623 g/mol. The van der Waals surface area contributed by atoms with E-state index in [-0.39, 0.29) is 0 Å². The van der Waals surface area contributed by atoms with Crippen molar-refractivity contribution in [2.75, 3.05) is 0 Å². The van der Waals surface area contributed by atoms with Crippen LogP contribution in [0.5, 0.6) is 0 Å². The molecule has 0 unspecified atom stereocenters. The first-order chi connectivity index (χ1) is 22.8. The second-order valence-electron chi connectivity index (χ2n) is 11.2. The minimum Gasteiger partial charge on any atom is -0.236 e. The standard InChI is InChI=1S/C41H25N3S2/c1-3-12-26(13-4-1)28-16-9-17-29(24-28)34-25-33(27-14-5-2-6-15-27)42-40(43-34)30-18-10-22-36-38(30)39-31(19-11-23-37(39)45-36)41-44-32-20-7-8-21-35(32)46-41/h1-25H. The molecular weight excluding hydrogens is 599 g/mol. The maximum Gasteiger partial charge on any atom is 0.161 e. The van der Waals surface area contributed by atoms with E-state index in [0.29, 0.717) is 5.82 Å². The van der Waals surface area contributed by atoms with Crippen LogP contribution in [0.4, 0.5) is 0 Å². The van der Waals surface area contributed by atoms with Gasteiger partial charge in [-0.2, -0.15) is 0 Å². The summed E-state index contributed by atoms with van der Waals surface area (Å²) in [5, 5.41) is 3.41. The lowest BCUT2D eigenvalue weighted by Crippen LogP contribution is -1.96. The number of fused-ring (bicyclic) bond motifs is 4. The Morgan fingerprint density at radius 3 is 1.70 bits per heavy atom. The number of aromatic nitrogens is 3. The summed E-state index contributed by atoms with van der Waals surface area (Å²) in [7, 11) is 0. The molecule has 46 heavy (non-hydrogen) atoms. The van der Waals surface area contributed by atoms with E-state index in [4.69, 9.17) is 15.0 Å².